The van der Waals surface area contributed by atoms with Gasteiger partial charge in [0.25, 0.3) is 0 Å². The molecule has 150 valence electrons. The van der Waals surface area contributed by atoms with E-state index in [1.54, 1.807) is 0 Å². The van der Waals surface area contributed by atoms with Gasteiger partial charge in [0.05, 0.1) is 6.54 Å². The van der Waals surface area contributed by atoms with Crippen molar-refractivity contribution < 1.29 is 4.79 Å². The Balaban J connectivity index is 1.80. The topological polar surface area (TPSA) is 60.0 Å². The van der Waals surface area contributed by atoms with Crippen LogP contribution in [0.4, 0.5) is 0 Å². The lowest BCUT2D eigenvalue weighted by Crippen LogP contribution is -2.46. The van der Waals surface area contributed by atoms with Gasteiger partial charge in [0.15, 0.2) is 5.96 Å². The second-order valence-electron chi connectivity index (χ2n) is 8.54. The molecule has 2 rings (SSSR count). The van der Waals surface area contributed by atoms with Gasteiger partial charge in [-0.25, -0.2) is 0 Å². The Morgan fingerprint density at radius 1 is 1.19 bits per heavy atom. The maximum absolute atomic E-state index is 12.1. The third-order valence-corrected chi connectivity index (χ3v) is 5.31. The maximum atomic E-state index is 12.1. The number of hydrogen-bond donors (Lipinski definition) is 2. The number of nitrogens with one attached hydrogen (secondary N) is 2. The summed E-state index contributed by atoms with van der Waals surface area (Å²) in [7, 11) is 0. The van der Waals surface area contributed by atoms with Crippen LogP contribution in [0.1, 0.15) is 47.5 Å². The van der Waals surface area contributed by atoms with Crippen LogP contribution in [0, 0.1) is 17.8 Å². The van der Waals surface area contributed by atoms with E-state index < -0.39 is 0 Å². The van der Waals surface area contributed by atoms with Crippen molar-refractivity contribution in [2.45, 2.75) is 53.5 Å². The van der Waals surface area contributed by atoms with Gasteiger partial charge in [-0.05, 0) is 31.6 Å². The summed E-state index contributed by atoms with van der Waals surface area (Å²) < 4.78 is 0. The number of nitrogens with zero attached hydrogens (tertiary/aromatic N) is 3. The molecule has 6 nitrogen and oxygen atoms in total. The highest BCUT2D eigenvalue weighted by molar-refractivity contribution is 5.81. The molecule has 26 heavy (non-hydrogen) atoms. The number of piperidine rings is 1. The first-order chi connectivity index (χ1) is 12.4. The first-order valence-electron chi connectivity index (χ1n) is 10.4. The Kier molecular flexibility index (Phi) is 8.19. The molecule has 0 aromatic heterocycles. The first-order valence-corrected chi connectivity index (χ1v) is 10.4. The lowest BCUT2D eigenvalue weighted by Gasteiger charge is -2.34. The minimum absolute atomic E-state index is 0.0741. The van der Waals surface area contributed by atoms with E-state index in [-0.39, 0.29) is 11.8 Å². The van der Waals surface area contributed by atoms with Gasteiger partial charge < -0.3 is 20.4 Å². The summed E-state index contributed by atoms with van der Waals surface area (Å²) in [5, 5.41) is 6.87. The Labute approximate surface area is 159 Å². The highest BCUT2D eigenvalue weighted by atomic mass is 16.2. The van der Waals surface area contributed by atoms with E-state index in [0.717, 1.165) is 56.9 Å². The third-order valence-electron chi connectivity index (χ3n) is 5.31. The number of carbonyl (C=O) groups is 1. The van der Waals surface area contributed by atoms with Crippen LogP contribution >= 0.6 is 0 Å². The highest BCUT2D eigenvalue weighted by Gasteiger charge is 2.28. The van der Waals surface area contributed by atoms with Crippen LogP contribution in [0.3, 0.4) is 0 Å². The zero-order valence-electron chi connectivity index (χ0n) is 17.4. The summed E-state index contributed by atoms with van der Waals surface area (Å²) in [4.78, 5) is 21.4. The fraction of sp³-hybridized carbons (Fsp3) is 0.900. The van der Waals surface area contributed by atoms with Gasteiger partial charge >= 0.3 is 0 Å². The molecule has 0 radical (unpaired) electrons. The predicted molar refractivity (Wildman–Crippen MR) is 108 cm³/mol. The lowest BCUT2D eigenvalue weighted by molar-refractivity contribution is -0.133. The molecule has 0 aromatic rings. The van der Waals surface area contributed by atoms with Gasteiger partial charge in [0, 0.05) is 51.2 Å². The zero-order valence-corrected chi connectivity index (χ0v) is 17.4. The molecule has 2 saturated heterocycles. The van der Waals surface area contributed by atoms with Crippen LogP contribution in [-0.4, -0.2) is 73.5 Å². The molecular weight excluding hydrogens is 326 g/mol. The number of amides is 1. The van der Waals surface area contributed by atoms with E-state index in [9.17, 15) is 4.79 Å². The Morgan fingerprint density at radius 2 is 1.88 bits per heavy atom. The summed E-state index contributed by atoms with van der Waals surface area (Å²) >= 11 is 0. The standard InChI is InChI=1S/C20H39N5O/c1-6-21-20(22-8-10-24-12-16(4)11-17(5)13-24)23-18-7-9-25(14-18)19(26)15(2)3/h15-18H,6-14H2,1-5H3,(H2,21,22,23). The Bertz CT molecular complexity index is 469. The SMILES string of the molecule is CCNC(=NCCN1CC(C)CC(C)C1)NC1CCN(C(=O)C(C)C)C1. The number of rotatable bonds is 6. The van der Waals surface area contributed by atoms with Gasteiger partial charge in [-0.15, -0.1) is 0 Å². The zero-order chi connectivity index (χ0) is 19.1. The number of guanidine groups is 1. The van der Waals surface area contributed by atoms with Crippen LogP contribution < -0.4 is 10.6 Å². The molecule has 0 aliphatic carbocycles. The van der Waals surface area contributed by atoms with E-state index in [4.69, 9.17) is 4.99 Å². The largest absolute Gasteiger partial charge is 0.357 e. The summed E-state index contributed by atoms with van der Waals surface area (Å²) in [6, 6.07) is 0.297. The van der Waals surface area contributed by atoms with E-state index in [0.29, 0.717) is 6.04 Å². The van der Waals surface area contributed by atoms with Gasteiger partial charge in [-0.3, -0.25) is 9.79 Å². The van der Waals surface area contributed by atoms with Crippen molar-refractivity contribution in [1.29, 1.82) is 0 Å². The molecule has 2 aliphatic heterocycles. The molecule has 6 heteroatoms. The van der Waals surface area contributed by atoms with E-state index in [1.807, 2.05) is 18.7 Å². The first kappa shape index (κ1) is 21.0. The molecule has 2 fully saturated rings. The molecule has 3 atom stereocenters. The monoisotopic (exact) mass is 365 g/mol. The van der Waals surface area contributed by atoms with Crippen molar-refractivity contribution in [1.82, 2.24) is 20.4 Å². The molecule has 0 saturated carbocycles. The molecule has 1 amide bonds. The molecule has 0 spiro atoms. The van der Waals surface area contributed by atoms with E-state index in [2.05, 4.69) is 36.3 Å². The smallest absolute Gasteiger partial charge is 0.225 e. The average molecular weight is 366 g/mol. The van der Waals surface area contributed by atoms with Gasteiger partial charge in [-0.1, -0.05) is 27.7 Å². The van der Waals surface area contributed by atoms with Crippen LogP contribution in [0.25, 0.3) is 0 Å². The van der Waals surface area contributed by atoms with Crippen molar-refractivity contribution >= 4 is 11.9 Å². The fourth-order valence-corrected chi connectivity index (χ4v) is 4.23. The average Bonchev–Trinajstić information content (AvgIpc) is 3.01. The number of likely N-dealkylation sites (tertiary alicyclic amines) is 2. The van der Waals surface area contributed by atoms with Crippen LogP contribution in [0.2, 0.25) is 0 Å². The molecule has 2 N–H and O–H groups in total. The molecule has 2 heterocycles. The number of carbonyl (C=O) groups excluding carboxylic acids is 1. The van der Waals surface area contributed by atoms with Crippen molar-refractivity contribution in [3.05, 3.63) is 0 Å². The molecule has 3 unspecified atom stereocenters. The Hall–Kier alpha value is -1.30. The lowest BCUT2D eigenvalue weighted by atomic mass is 9.92. The van der Waals surface area contributed by atoms with E-state index in [1.165, 1.54) is 19.5 Å². The number of hydrogen-bond acceptors (Lipinski definition) is 3. The molecule has 2 aliphatic rings. The summed E-state index contributed by atoms with van der Waals surface area (Å²) in [6.07, 6.45) is 2.33. The maximum Gasteiger partial charge on any atom is 0.225 e. The molecule has 0 bridgehead atoms. The minimum atomic E-state index is 0.0741. The second kappa shape index (κ2) is 10.1. The minimum Gasteiger partial charge on any atom is -0.357 e. The van der Waals surface area contributed by atoms with Gasteiger partial charge in [-0.2, -0.15) is 0 Å². The Morgan fingerprint density at radius 3 is 2.50 bits per heavy atom. The van der Waals surface area contributed by atoms with Crippen molar-refractivity contribution in [2.75, 3.05) is 45.8 Å². The normalized spacial score (nSPS) is 27.8. The summed E-state index contributed by atoms with van der Waals surface area (Å²) in [6.45, 7) is 17.4. The van der Waals surface area contributed by atoms with Gasteiger partial charge in [0.1, 0.15) is 0 Å². The molecule has 0 aromatic carbocycles. The van der Waals surface area contributed by atoms with Gasteiger partial charge in [0.2, 0.25) is 5.91 Å². The predicted octanol–water partition coefficient (Wildman–Crippen LogP) is 1.78. The quantitative estimate of drug-likeness (QED) is 0.556. The summed E-state index contributed by atoms with van der Waals surface area (Å²) in [5.74, 6) is 2.79. The van der Waals surface area contributed by atoms with Crippen molar-refractivity contribution in [3.8, 4) is 0 Å². The third kappa shape index (κ3) is 6.45. The van der Waals surface area contributed by atoms with Crippen molar-refractivity contribution in [3.63, 3.8) is 0 Å². The second-order valence-corrected chi connectivity index (χ2v) is 8.54. The van der Waals surface area contributed by atoms with Crippen LogP contribution in [-0.2, 0) is 4.79 Å². The van der Waals surface area contributed by atoms with Crippen LogP contribution in [0.5, 0.6) is 0 Å². The fourth-order valence-electron chi connectivity index (χ4n) is 4.23. The summed E-state index contributed by atoms with van der Waals surface area (Å²) in [5.41, 5.74) is 0. The molecular formula is C20H39N5O. The highest BCUT2D eigenvalue weighted by Crippen LogP contribution is 2.20. The van der Waals surface area contributed by atoms with Crippen molar-refractivity contribution in [2.24, 2.45) is 22.7 Å². The van der Waals surface area contributed by atoms with Crippen LogP contribution in [0.15, 0.2) is 4.99 Å². The van der Waals surface area contributed by atoms with E-state index >= 15 is 0 Å². The number of aliphatic imine (C=N–C) groups is 1.